The molecule has 1 aromatic carbocycles. The molecule has 0 saturated heterocycles. The maximum atomic E-state index is 5.27. The van der Waals surface area contributed by atoms with Crippen molar-refractivity contribution >= 4 is 21.6 Å². The van der Waals surface area contributed by atoms with Gasteiger partial charge in [-0.05, 0) is 43.4 Å². The lowest BCUT2D eigenvalue weighted by Gasteiger charge is -2.20. The van der Waals surface area contributed by atoms with Gasteiger partial charge in [0.15, 0.2) is 0 Å². The third kappa shape index (κ3) is 2.98. The van der Waals surface area contributed by atoms with E-state index in [1.54, 1.807) is 7.11 Å². The number of hydrogen-bond acceptors (Lipinski definition) is 2. The minimum atomic E-state index is 0.456. The van der Waals surface area contributed by atoms with Gasteiger partial charge in [-0.3, -0.25) is 0 Å². The van der Waals surface area contributed by atoms with Crippen LogP contribution in [0.1, 0.15) is 18.4 Å². The number of nitrogens with one attached hydrogen (secondary N) is 1. The number of benzene rings is 1. The fraction of sp³-hybridized carbons (Fsp3) is 0.538. The van der Waals surface area contributed by atoms with Gasteiger partial charge in [0.05, 0.1) is 12.6 Å². The Kier molecular flexibility index (Phi) is 3.87. The summed E-state index contributed by atoms with van der Waals surface area (Å²) in [5, 5.41) is 3.60. The van der Waals surface area contributed by atoms with Crippen molar-refractivity contribution in [2.24, 2.45) is 5.92 Å². The Balaban J connectivity index is 2.08. The second-order valence-electron chi connectivity index (χ2n) is 4.50. The van der Waals surface area contributed by atoms with E-state index in [-0.39, 0.29) is 0 Å². The Morgan fingerprint density at radius 1 is 1.50 bits per heavy atom. The van der Waals surface area contributed by atoms with Crippen LogP contribution in [0.2, 0.25) is 0 Å². The maximum absolute atomic E-state index is 5.27. The van der Waals surface area contributed by atoms with Gasteiger partial charge in [-0.1, -0.05) is 22.0 Å². The molecule has 2 nitrogen and oxygen atoms in total. The zero-order chi connectivity index (χ0) is 11.5. The summed E-state index contributed by atoms with van der Waals surface area (Å²) >= 11 is 3.51. The Labute approximate surface area is 106 Å². The van der Waals surface area contributed by atoms with Crippen LogP contribution in [0.5, 0.6) is 0 Å². The van der Waals surface area contributed by atoms with Crippen molar-refractivity contribution in [1.29, 1.82) is 0 Å². The molecule has 1 fully saturated rings. The molecule has 0 amide bonds. The lowest BCUT2D eigenvalue weighted by Crippen LogP contribution is -2.27. The number of methoxy groups -OCH3 is 1. The lowest BCUT2D eigenvalue weighted by atomic mass is 10.1. The number of anilines is 1. The first-order chi connectivity index (χ1) is 7.70. The SMILES string of the molecule is COCC(Nc1cc(Br)ccc1C)C1CC1. The van der Waals surface area contributed by atoms with Crippen molar-refractivity contribution in [1.82, 2.24) is 0 Å². The van der Waals surface area contributed by atoms with Crippen LogP contribution in [0.4, 0.5) is 5.69 Å². The van der Waals surface area contributed by atoms with Gasteiger partial charge in [-0.2, -0.15) is 0 Å². The van der Waals surface area contributed by atoms with Crippen LogP contribution < -0.4 is 5.32 Å². The predicted octanol–water partition coefficient (Wildman–Crippen LogP) is 3.59. The van der Waals surface area contributed by atoms with E-state index >= 15 is 0 Å². The van der Waals surface area contributed by atoms with Crippen LogP contribution in [0.25, 0.3) is 0 Å². The molecule has 88 valence electrons. The molecule has 0 radical (unpaired) electrons. The molecule has 0 heterocycles. The molecule has 1 atom stereocenters. The molecule has 0 spiro atoms. The molecule has 3 heteroatoms. The summed E-state index contributed by atoms with van der Waals surface area (Å²) in [5.41, 5.74) is 2.49. The van der Waals surface area contributed by atoms with Crippen molar-refractivity contribution in [3.63, 3.8) is 0 Å². The van der Waals surface area contributed by atoms with Crippen molar-refractivity contribution in [3.8, 4) is 0 Å². The Morgan fingerprint density at radius 3 is 2.88 bits per heavy atom. The fourth-order valence-corrected chi connectivity index (χ4v) is 2.28. The maximum Gasteiger partial charge on any atom is 0.0666 e. The molecular formula is C13H18BrNO. The van der Waals surface area contributed by atoms with E-state index < -0.39 is 0 Å². The van der Waals surface area contributed by atoms with Crippen molar-refractivity contribution in [3.05, 3.63) is 28.2 Å². The highest BCUT2D eigenvalue weighted by Crippen LogP contribution is 2.35. The zero-order valence-electron chi connectivity index (χ0n) is 9.79. The molecule has 1 N–H and O–H groups in total. The van der Waals surface area contributed by atoms with E-state index in [0.717, 1.165) is 17.0 Å². The van der Waals surface area contributed by atoms with E-state index in [9.17, 15) is 0 Å². The van der Waals surface area contributed by atoms with Crippen molar-refractivity contribution in [2.45, 2.75) is 25.8 Å². The molecule has 1 saturated carbocycles. The van der Waals surface area contributed by atoms with Gasteiger partial charge in [0.2, 0.25) is 0 Å². The fourth-order valence-electron chi connectivity index (χ4n) is 1.92. The van der Waals surface area contributed by atoms with Crippen molar-refractivity contribution < 1.29 is 4.74 Å². The van der Waals surface area contributed by atoms with Gasteiger partial charge < -0.3 is 10.1 Å². The quantitative estimate of drug-likeness (QED) is 0.892. The normalized spacial score (nSPS) is 17.2. The minimum absolute atomic E-state index is 0.456. The molecule has 16 heavy (non-hydrogen) atoms. The van der Waals surface area contributed by atoms with Crippen LogP contribution in [0.3, 0.4) is 0 Å². The van der Waals surface area contributed by atoms with E-state index in [4.69, 9.17) is 4.74 Å². The number of rotatable bonds is 5. The first kappa shape index (κ1) is 11.9. The average Bonchev–Trinajstić information content (AvgIpc) is 3.06. The largest absolute Gasteiger partial charge is 0.383 e. The number of aryl methyl sites for hydroxylation is 1. The summed E-state index contributed by atoms with van der Waals surface area (Å²) < 4.78 is 6.39. The third-order valence-electron chi connectivity index (χ3n) is 3.08. The summed E-state index contributed by atoms with van der Waals surface area (Å²) in [6.45, 7) is 2.92. The molecule has 2 rings (SSSR count). The Bertz CT molecular complexity index is 363. The van der Waals surface area contributed by atoms with Crippen LogP contribution in [0.15, 0.2) is 22.7 Å². The topological polar surface area (TPSA) is 21.3 Å². The summed E-state index contributed by atoms with van der Waals surface area (Å²) in [5.74, 6) is 0.790. The Hall–Kier alpha value is -0.540. The van der Waals surface area contributed by atoms with Gasteiger partial charge in [-0.15, -0.1) is 0 Å². The predicted molar refractivity (Wildman–Crippen MR) is 70.9 cm³/mol. The number of halogens is 1. The van der Waals surface area contributed by atoms with Crippen LogP contribution in [-0.2, 0) is 4.74 Å². The van der Waals surface area contributed by atoms with E-state index in [0.29, 0.717) is 6.04 Å². The van der Waals surface area contributed by atoms with Crippen LogP contribution in [-0.4, -0.2) is 19.8 Å². The van der Waals surface area contributed by atoms with Gasteiger partial charge in [-0.25, -0.2) is 0 Å². The number of ether oxygens (including phenoxy) is 1. The first-order valence-corrected chi connectivity index (χ1v) is 6.51. The minimum Gasteiger partial charge on any atom is -0.383 e. The van der Waals surface area contributed by atoms with Crippen molar-refractivity contribution in [2.75, 3.05) is 19.0 Å². The van der Waals surface area contributed by atoms with Gasteiger partial charge in [0, 0.05) is 17.3 Å². The van der Waals surface area contributed by atoms with Gasteiger partial charge in [0.1, 0.15) is 0 Å². The first-order valence-electron chi connectivity index (χ1n) is 5.72. The molecule has 1 unspecified atom stereocenters. The lowest BCUT2D eigenvalue weighted by molar-refractivity contribution is 0.179. The summed E-state index contributed by atoms with van der Waals surface area (Å²) in [7, 11) is 1.77. The van der Waals surface area contributed by atoms with E-state index in [1.807, 2.05) is 0 Å². The van der Waals surface area contributed by atoms with Gasteiger partial charge in [0.25, 0.3) is 0 Å². The second kappa shape index (κ2) is 5.19. The Morgan fingerprint density at radius 2 is 2.25 bits per heavy atom. The summed E-state index contributed by atoms with van der Waals surface area (Å²) in [6, 6.07) is 6.80. The van der Waals surface area contributed by atoms with Crippen LogP contribution in [0, 0.1) is 12.8 Å². The highest BCUT2D eigenvalue weighted by atomic mass is 79.9. The molecule has 1 aliphatic rings. The van der Waals surface area contributed by atoms with Crippen LogP contribution >= 0.6 is 15.9 Å². The zero-order valence-corrected chi connectivity index (χ0v) is 11.4. The summed E-state index contributed by atoms with van der Waals surface area (Å²) in [6.07, 6.45) is 2.65. The molecule has 0 bridgehead atoms. The second-order valence-corrected chi connectivity index (χ2v) is 5.42. The average molecular weight is 284 g/mol. The molecule has 0 aliphatic heterocycles. The molecule has 0 aromatic heterocycles. The van der Waals surface area contributed by atoms with Gasteiger partial charge >= 0.3 is 0 Å². The summed E-state index contributed by atoms with van der Waals surface area (Å²) in [4.78, 5) is 0. The monoisotopic (exact) mass is 283 g/mol. The standard InChI is InChI=1S/C13H18BrNO/c1-9-3-6-11(14)7-12(9)15-13(8-16-2)10-4-5-10/h3,6-7,10,13,15H,4-5,8H2,1-2H3. The molecule has 1 aliphatic carbocycles. The highest BCUT2D eigenvalue weighted by molar-refractivity contribution is 9.10. The number of hydrogen-bond donors (Lipinski definition) is 1. The van der Waals surface area contributed by atoms with E-state index in [2.05, 4.69) is 46.4 Å². The van der Waals surface area contributed by atoms with E-state index in [1.165, 1.54) is 24.1 Å². The highest BCUT2D eigenvalue weighted by Gasteiger charge is 2.31. The third-order valence-corrected chi connectivity index (χ3v) is 3.57. The molecule has 1 aromatic rings. The smallest absolute Gasteiger partial charge is 0.0666 e. The molecular weight excluding hydrogens is 266 g/mol.